The van der Waals surface area contributed by atoms with E-state index < -0.39 is 0 Å². The molecule has 0 saturated carbocycles. The first-order valence-electron chi connectivity index (χ1n) is 9.92. The molecule has 1 aromatic carbocycles. The molecule has 6 nitrogen and oxygen atoms in total. The molecule has 4 rings (SSSR count). The summed E-state index contributed by atoms with van der Waals surface area (Å²) in [5, 5.41) is 4.04. The molecule has 3 heterocycles. The number of piperidine rings is 1. The van der Waals surface area contributed by atoms with Crippen LogP contribution in [0.1, 0.15) is 48.9 Å². The molecule has 27 heavy (non-hydrogen) atoms. The van der Waals surface area contributed by atoms with Crippen LogP contribution in [0.15, 0.2) is 18.2 Å². The third-order valence-electron chi connectivity index (χ3n) is 5.33. The van der Waals surface area contributed by atoms with Crippen molar-refractivity contribution in [2.45, 2.75) is 38.5 Å². The summed E-state index contributed by atoms with van der Waals surface area (Å²) in [5.74, 6) is 0.180. The van der Waals surface area contributed by atoms with E-state index in [9.17, 15) is 9.59 Å². The van der Waals surface area contributed by atoms with Gasteiger partial charge in [-0.05, 0) is 50.3 Å². The van der Waals surface area contributed by atoms with Gasteiger partial charge in [-0.25, -0.2) is 4.98 Å². The van der Waals surface area contributed by atoms with Crippen LogP contribution < -0.4 is 10.2 Å². The van der Waals surface area contributed by atoms with Crippen molar-refractivity contribution in [2.75, 3.05) is 37.6 Å². The molecule has 144 valence electrons. The third-order valence-corrected chi connectivity index (χ3v) is 6.41. The van der Waals surface area contributed by atoms with Crippen molar-refractivity contribution in [1.82, 2.24) is 15.2 Å². The zero-order valence-corrected chi connectivity index (χ0v) is 16.4. The molecule has 0 unspecified atom stereocenters. The van der Waals surface area contributed by atoms with E-state index in [0.29, 0.717) is 18.5 Å². The summed E-state index contributed by atoms with van der Waals surface area (Å²) in [5.41, 5.74) is 1.64. The number of amides is 2. The molecule has 2 aliphatic rings. The van der Waals surface area contributed by atoms with E-state index in [0.717, 1.165) is 54.4 Å². The second kappa shape index (κ2) is 8.25. The largest absolute Gasteiger partial charge is 0.352 e. The summed E-state index contributed by atoms with van der Waals surface area (Å²) in [4.78, 5) is 33.0. The highest BCUT2D eigenvalue weighted by atomic mass is 32.1. The van der Waals surface area contributed by atoms with Gasteiger partial charge in [0, 0.05) is 44.7 Å². The Bertz CT molecular complexity index is 828. The van der Waals surface area contributed by atoms with Crippen LogP contribution in [0.2, 0.25) is 0 Å². The van der Waals surface area contributed by atoms with Gasteiger partial charge in [0.1, 0.15) is 0 Å². The van der Waals surface area contributed by atoms with Crippen molar-refractivity contribution in [1.29, 1.82) is 0 Å². The van der Waals surface area contributed by atoms with Crippen molar-refractivity contribution in [2.24, 2.45) is 0 Å². The maximum atomic E-state index is 12.4. The molecular formula is C20H26N4O2S. The van der Waals surface area contributed by atoms with E-state index >= 15 is 0 Å². The SMILES string of the molecule is O=C(NCCCN1CCCC1=O)c1ccc2nc(N3CCCCC3)sc2c1. The van der Waals surface area contributed by atoms with Crippen LogP contribution in [0, 0.1) is 0 Å². The fraction of sp³-hybridized carbons (Fsp3) is 0.550. The van der Waals surface area contributed by atoms with Gasteiger partial charge in [-0.1, -0.05) is 11.3 Å². The highest BCUT2D eigenvalue weighted by Crippen LogP contribution is 2.31. The average molecular weight is 387 g/mol. The Balaban J connectivity index is 1.33. The molecule has 0 atom stereocenters. The van der Waals surface area contributed by atoms with E-state index in [1.54, 1.807) is 11.3 Å². The number of fused-ring (bicyclic) bond motifs is 1. The standard InChI is InChI=1S/C20H26N4O2S/c25-18-6-4-12-23(18)13-5-9-21-19(26)15-7-8-16-17(14-15)27-20(22-16)24-10-2-1-3-11-24/h7-8,14H,1-6,9-13H2,(H,21,26). The Morgan fingerprint density at radius 3 is 2.78 bits per heavy atom. The molecule has 2 fully saturated rings. The van der Waals surface area contributed by atoms with Gasteiger partial charge in [0.05, 0.1) is 10.2 Å². The second-order valence-corrected chi connectivity index (χ2v) is 8.33. The average Bonchev–Trinajstić information content (AvgIpc) is 3.31. The Hall–Kier alpha value is -2.15. The van der Waals surface area contributed by atoms with Crippen molar-refractivity contribution in [3.05, 3.63) is 23.8 Å². The number of nitrogens with zero attached hydrogens (tertiary/aromatic N) is 3. The minimum Gasteiger partial charge on any atom is -0.352 e. The van der Waals surface area contributed by atoms with Crippen molar-refractivity contribution >= 4 is 38.5 Å². The lowest BCUT2D eigenvalue weighted by Gasteiger charge is -2.25. The summed E-state index contributed by atoms with van der Waals surface area (Å²) in [7, 11) is 0. The monoisotopic (exact) mass is 386 g/mol. The Kier molecular flexibility index (Phi) is 5.57. The van der Waals surface area contributed by atoms with Gasteiger partial charge in [-0.15, -0.1) is 0 Å². The first-order valence-corrected chi connectivity index (χ1v) is 10.7. The first kappa shape index (κ1) is 18.2. The quantitative estimate of drug-likeness (QED) is 0.775. The number of aromatic nitrogens is 1. The minimum absolute atomic E-state index is 0.0578. The van der Waals surface area contributed by atoms with Crippen molar-refractivity contribution in [3.63, 3.8) is 0 Å². The van der Waals surface area contributed by atoms with Crippen LogP contribution in [0.3, 0.4) is 0 Å². The summed E-state index contributed by atoms with van der Waals surface area (Å²) in [6.07, 6.45) is 6.18. The van der Waals surface area contributed by atoms with Gasteiger partial charge in [0.25, 0.3) is 5.91 Å². The number of hydrogen-bond acceptors (Lipinski definition) is 5. The van der Waals surface area contributed by atoms with Crippen LogP contribution in [0.5, 0.6) is 0 Å². The molecule has 0 radical (unpaired) electrons. The Morgan fingerprint density at radius 1 is 1.15 bits per heavy atom. The van der Waals surface area contributed by atoms with E-state index in [2.05, 4.69) is 10.2 Å². The predicted octanol–water partition coefficient (Wildman–Crippen LogP) is 3.03. The summed E-state index contributed by atoms with van der Waals surface area (Å²) < 4.78 is 1.06. The van der Waals surface area contributed by atoms with Gasteiger partial charge in [-0.2, -0.15) is 0 Å². The molecule has 2 aromatic rings. The maximum Gasteiger partial charge on any atom is 0.251 e. The lowest BCUT2D eigenvalue weighted by atomic mass is 10.1. The molecule has 0 aliphatic carbocycles. The van der Waals surface area contributed by atoms with Gasteiger partial charge in [0.2, 0.25) is 5.91 Å². The predicted molar refractivity (Wildman–Crippen MR) is 108 cm³/mol. The number of thiazole rings is 1. The molecule has 2 saturated heterocycles. The molecular weight excluding hydrogens is 360 g/mol. The number of hydrogen-bond donors (Lipinski definition) is 1. The molecule has 2 aliphatic heterocycles. The smallest absolute Gasteiger partial charge is 0.251 e. The van der Waals surface area contributed by atoms with Gasteiger partial charge < -0.3 is 15.1 Å². The summed E-state index contributed by atoms with van der Waals surface area (Å²) in [6.45, 7) is 4.32. The molecule has 0 spiro atoms. The first-order chi connectivity index (χ1) is 13.2. The normalized spacial score (nSPS) is 17.7. The van der Waals surface area contributed by atoms with E-state index in [4.69, 9.17) is 4.98 Å². The van der Waals surface area contributed by atoms with Crippen molar-refractivity contribution in [3.8, 4) is 0 Å². The molecule has 1 N–H and O–H groups in total. The number of carbonyl (C=O) groups is 2. The highest BCUT2D eigenvalue weighted by molar-refractivity contribution is 7.22. The summed E-state index contributed by atoms with van der Waals surface area (Å²) >= 11 is 1.67. The Labute approximate surface area is 163 Å². The lowest BCUT2D eigenvalue weighted by Crippen LogP contribution is -2.30. The number of likely N-dealkylation sites (tertiary alicyclic amines) is 1. The zero-order valence-electron chi connectivity index (χ0n) is 15.6. The van der Waals surface area contributed by atoms with Crippen LogP contribution in [0.25, 0.3) is 10.2 Å². The fourth-order valence-corrected chi connectivity index (χ4v) is 4.85. The van der Waals surface area contributed by atoms with Crippen LogP contribution in [-0.2, 0) is 4.79 Å². The highest BCUT2D eigenvalue weighted by Gasteiger charge is 2.19. The number of anilines is 1. The molecule has 2 amide bonds. The second-order valence-electron chi connectivity index (χ2n) is 7.32. The number of rotatable bonds is 6. The molecule has 1 aromatic heterocycles. The summed E-state index contributed by atoms with van der Waals surface area (Å²) in [6, 6.07) is 5.73. The van der Waals surface area contributed by atoms with Crippen LogP contribution in [-0.4, -0.2) is 54.4 Å². The topological polar surface area (TPSA) is 65.5 Å². The molecule has 0 bridgehead atoms. The third kappa shape index (κ3) is 4.24. The van der Waals surface area contributed by atoms with E-state index in [1.165, 1.54) is 19.3 Å². The zero-order chi connectivity index (χ0) is 18.6. The number of nitrogens with one attached hydrogen (secondary N) is 1. The van der Waals surface area contributed by atoms with E-state index in [1.807, 2.05) is 23.1 Å². The van der Waals surface area contributed by atoms with Crippen LogP contribution >= 0.6 is 11.3 Å². The fourth-order valence-electron chi connectivity index (χ4n) is 3.79. The maximum absolute atomic E-state index is 12.4. The number of benzene rings is 1. The van der Waals surface area contributed by atoms with Gasteiger partial charge >= 0.3 is 0 Å². The molecule has 7 heteroatoms. The van der Waals surface area contributed by atoms with Crippen LogP contribution in [0.4, 0.5) is 5.13 Å². The Morgan fingerprint density at radius 2 is 2.00 bits per heavy atom. The van der Waals surface area contributed by atoms with Gasteiger partial charge in [0.15, 0.2) is 5.13 Å². The van der Waals surface area contributed by atoms with Crippen molar-refractivity contribution < 1.29 is 9.59 Å². The van der Waals surface area contributed by atoms with E-state index in [-0.39, 0.29) is 11.8 Å². The number of carbonyl (C=O) groups excluding carboxylic acids is 2. The lowest BCUT2D eigenvalue weighted by molar-refractivity contribution is -0.127. The minimum atomic E-state index is -0.0578. The van der Waals surface area contributed by atoms with Gasteiger partial charge in [-0.3, -0.25) is 9.59 Å².